The fourth-order valence-electron chi connectivity index (χ4n) is 2.48. The molecule has 4 heteroatoms. The first-order chi connectivity index (χ1) is 10.4. The molecule has 0 N–H and O–H groups in total. The van der Waals surface area contributed by atoms with Gasteiger partial charge in [0.25, 0.3) is 6.47 Å². The molecule has 0 aliphatic heterocycles. The van der Waals surface area contributed by atoms with E-state index in [0.29, 0.717) is 25.4 Å². The van der Waals surface area contributed by atoms with Gasteiger partial charge in [0.15, 0.2) is 0 Å². The molecule has 0 unspecified atom stereocenters. The van der Waals surface area contributed by atoms with E-state index in [9.17, 15) is 9.59 Å². The van der Waals surface area contributed by atoms with Gasteiger partial charge in [-0.3, -0.25) is 9.59 Å². The summed E-state index contributed by atoms with van der Waals surface area (Å²) in [6, 6.07) is 8.44. The zero-order chi connectivity index (χ0) is 16.6. The molecule has 0 aromatic heterocycles. The van der Waals surface area contributed by atoms with Crippen molar-refractivity contribution >= 4 is 12.4 Å². The second-order valence-electron chi connectivity index (χ2n) is 6.39. The molecule has 122 valence electrons. The van der Waals surface area contributed by atoms with Gasteiger partial charge in [-0.2, -0.15) is 0 Å². The van der Waals surface area contributed by atoms with E-state index in [2.05, 4.69) is 29.0 Å². The standard InChI is InChI=1S/C15H20O2.C3H6O2/c1-15(2,3)17-14(16)10-11-8-12-6-4-5-7-13(12)9-11;1-2-5-3-4/h4-7,11H,8-10H2,1-3H3;3H,2H2,1H3. The predicted molar refractivity (Wildman–Crippen MR) is 85.5 cm³/mol. The smallest absolute Gasteiger partial charge is 0.306 e. The number of rotatable bonds is 4. The molecule has 0 bridgehead atoms. The van der Waals surface area contributed by atoms with E-state index in [1.807, 2.05) is 20.8 Å². The molecule has 4 nitrogen and oxygen atoms in total. The van der Waals surface area contributed by atoms with Gasteiger partial charge in [0, 0.05) is 6.42 Å². The van der Waals surface area contributed by atoms with E-state index >= 15 is 0 Å². The minimum Gasteiger partial charge on any atom is -0.468 e. The summed E-state index contributed by atoms with van der Waals surface area (Å²) < 4.78 is 9.51. The summed E-state index contributed by atoms with van der Waals surface area (Å²) in [5, 5.41) is 0. The maximum Gasteiger partial charge on any atom is 0.306 e. The Morgan fingerprint density at radius 2 is 1.77 bits per heavy atom. The Balaban J connectivity index is 0.000000422. The van der Waals surface area contributed by atoms with Gasteiger partial charge in [-0.1, -0.05) is 24.3 Å². The number of hydrogen-bond acceptors (Lipinski definition) is 4. The highest BCUT2D eigenvalue weighted by Crippen LogP contribution is 2.29. The zero-order valence-corrected chi connectivity index (χ0v) is 13.9. The largest absolute Gasteiger partial charge is 0.468 e. The molecular formula is C18H26O4. The molecule has 0 saturated heterocycles. The van der Waals surface area contributed by atoms with Gasteiger partial charge in [-0.15, -0.1) is 0 Å². The highest BCUT2D eigenvalue weighted by atomic mass is 16.6. The molecule has 0 amide bonds. The monoisotopic (exact) mass is 306 g/mol. The van der Waals surface area contributed by atoms with Crippen LogP contribution >= 0.6 is 0 Å². The summed E-state index contributed by atoms with van der Waals surface area (Å²) in [5.41, 5.74) is 2.41. The third kappa shape index (κ3) is 6.74. The van der Waals surface area contributed by atoms with E-state index in [1.165, 1.54) is 11.1 Å². The van der Waals surface area contributed by atoms with Crippen LogP contribution in [0.5, 0.6) is 0 Å². The summed E-state index contributed by atoms with van der Waals surface area (Å²) in [4.78, 5) is 20.9. The number of ether oxygens (including phenoxy) is 2. The molecule has 0 saturated carbocycles. The quantitative estimate of drug-likeness (QED) is 0.632. The van der Waals surface area contributed by atoms with E-state index < -0.39 is 0 Å². The van der Waals surface area contributed by atoms with Crippen molar-refractivity contribution < 1.29 is 19.1 Å². The van der Waals surface area contributed by atoms with Gasteiger partial charge in [0.05, 0.1) is 6.61 Å². The van der Waals surface area contributed by atoms with Gasteiger partial charge in [0.2, 0.25) is 0 Å². The highest BCUT2D eigenvalue weighted by Gasteiger charge is 2.25. The van der Waals surface area contributed by atoms with Crippen molar-refractivity contribution in [3.63, 3.8) is 0 Å². The van der Waals surface area contributed by atoms with Crippen LogP contribution in [0.25, 0.3) is 0 Å². The highest BCUT2D eigenvalue weighted by molar-refractivity contribution is 5.70. The average molecular weight is 306 g/mol. The zero-order valence-electron chi connectivity index (χ0n) is 13.9. The van der Waals surface area contributed by atoms with Crippen molar-refractivity contribution in [2.75, 3.05) is 6.61 Å². The van der Waals surface area contributed by atoms with Gasteiger partial charge in [-0.05, 0) is 57.6 Å². The van der Waals surface area contributed by atoms with E-state index in [1.54, 1.807) is 6.92 Å². The van der Waals surface area contributed by atoms with E-state index in [-0.39, 0.29) is 11.6 Å². The topological polar surface area (TPSA) is 52.6 Å². The third-order valence-corrected chi connectivity index (χ3v) is 3.25. The fraction of sp³-hybridized carbons (Fsp3) is 0.556. The van der Waals surface area contributed by atoms with Crippen molar-refractivity contribution in [2.24, 2.45) is 5.92 Å². The molecule has 1 aromatic carbocycles. The molecule has 22 heavy (non-hydrogen) atoms. The Kier molecular flexibility index (Phi) is 7.09. The molecule has 0 radical (unpaired) electrons. The van der Waals surface area contributed by atoms with Crippen LogP contribution in [-0.2, 0) is 31.9 Å². The minimum absolute atomic E-state index is 0.0738. The van der Waals surface area contributed by atoms with Gasteiger partial charge < -0.3 is 9.47 Å². The Labute approximate surface area is 132 Å². The summed E-state index contributed by atoms with van der Waals surface area (Å²) in [6.45, 7) is 8.40. The molecule has 0 fully saturated rings. The Hall–Kier alpha value is -1.84. The number of esters is 1. The number of carbonyl (C=O) groups is 2. The van der Waals surface area contributed by atoms with Crippen LogP contribution in [0.4, 0.5) is 0 Å². The van der Waals surface area contributed by atoms with Crippen LogP contribution < -0.4 is 0 Å². The number of carbonyl (C=O) groups excluding carboxylic acids is 2. The van der Waals surface area contributed by atoms with Crippen molar-refractivity contribution in [1.82, 2.24) is 0 Å². The van der Waals surface area contributed by atoms with E-state index in [4.69, 9.17) is 4.74 Å². The summed E-state index contributed by atoms with van der Waals surface area (Å²) in [6.07, 6.45) is 2.55. The van der Waals surface area contributed by atoms with Crippen LogP contribution in [0.2, 0.25) is 0 Å². The summed E-state index contributed by atoms with van der Waals surface area (Å²) >= 11 is 0. The third-order valence-electron chi connectivity index (χ3n) is 3.25. The van der Waals surface area contributed by atoms with Gasteiger partial charge >= 0.3 is 5.97 Å². The van der Waals surface area contributed by atoms with Crippen LogP contribution in [-0.4, -0.2) is 24.6 Å². The van der Waals surface area contributed by atoms with Gasteiger partial charge in [0.1, 0.15) is 5.60 Å². The lowest BCUT2D eigenvalue weighted by Gasteiger charge is -2.20. The lowest BCUT2D eigenvalue weighted by atomic mass is 10.0. The maximum absolute atomic E-state index is 11.7. The number of benzene rings is 1. The average Bonchev–Trinajstić information content (AvgIpc) is 2.79. The molecule has 0 heterocycles. The molecule has 2 rings (SSSR count). The van der Waals surface area contributed by atoms with Crippen molar-refractivity contribution in [1.29, 1.82) is 0 Å². The SMILES string of the molecule is CC(C)(C)OC(=O)CC1Cc2ccccc2C1.CCOC=O. The summed E-state index contributed by atoms with van der Waals surface area (Å²) in [5.74, 6) is 0.345. The Morgan fingerprint density at radius 3 is 2.14 bits per heavy atom. The molecule has 0 spiro atoms. The van der Waals surface area contributed by atoms with Crippen LogP contribution in [0.15, 0.2) is 24.3 Å². The van der Waals surface area contributed by atoms with Crippen molar-refractivity contribution in [3.05, 3.63) is 35.4 Å². The maximum atomic E-state index is 11.7. The number of fused-ring (bicyclic) bond motifs is 1. The minimum atomic E-state index is -0.372. The molecule has 1 aliphatic rings. The first kappa shape index (κ1) is 18.2. The molecular weight excluding hydrogens is 280 g/mol. The second kappa shape index (κ2) is 8.57. The normalized spacial score (nSPS) is 13.6. The lowest BCUT2D eigenvalue weighted by Crippen LogP contribution is -2.25. The second-order valence-corrected chi connectivity index (χ2v) is 6.39. The van der Waals surface area contributed by atoms with E-state index in [0.717, 1.165) is 12.8 Å². The van der Waals surface area contributed by atoms with Crippen LogP contribution in [0.1, 0.15) is 45.2 Å². The first-order valence-corrected chi connectivity index (χ1v) is 7.69. The van der Waals surface area contributed by atoms with Crippen LogP contribution in [0.3, 0.4) is 0 Å². The molecule has 1 aromatic rings. The predicted octanol–water partition coefficient (Wildman–Crippen LogP) is 3.31. The fourth-order valence-corrected chi connectivity index (χ4v) is 2.48. The first-order valence-electron chi connectivity index (χ1n) is 7.69. The van der Waals surface area contributed by atoms with Crippen molar-refractivity contribution in [2.45, 2.75) is 52.6 Å². The Morgan fingerprint density at radius 1 is 1.23 bits per heavy atom. The number of hydrogen-bond donors (Lipinski definition) is 0. The van der Waals surface area contributed by atoms with Crippen molar-refractivity contribution in [3.8, 4) is 0 Å². The lowest BCUT2D eigenvalue weighted by molar-refractivity contribution is -0.155. The summed E-state index contributed by atoms with van der Waals surface area (Å²) in [7, 11) is 0. The van der Waals surface area contributed by atoms with Gasteiger partial charge in [-0.25, -0.2) is 0 Å². The molecule has 1 aliphatic carbocycles. The Bertz CT molecular complexity index is 463. The molecule has 0 atom stereocenters. The van der Waals surface area contributed by atoms with Crippen LogP contribution in [0, 0.1) is 5.92 Å².